The van der Waals surface area contributed by atoms with Crippen molar-refractivity contribution >= 4 is 61.5 Å². The van der Waals surface area contributed by atoms with Crippen LogP contribution >= 0.6 is 50.1 Å². The monoisotopic (exact) mass is 432 g/mol. The Labute approximate surface area is 132 Å². The van der Waals surface area contributed by atoms with Crippen molar-refractivity contribution in [3.05, 3.63) is 55.0 Å². The highest BCUT2D eigenvalue weighted by Crippen LogP contribution is 2.28. The quantitative estimate of drug-likeness (QED) is 0.651. The Morgan fingerprint density at radius 2 is 1.94 bits per heavy atom. The van der Waals surface area contributed by atoms with Crippen molar-refractivity contribution in [1.29, 1.82) is 5.26 Å². The number of nitriles is 1. The van der Waals surface area contributed by atoms with Crippen molar-refractivity contribution in [2.24, 2.45) is 0 Å². The third-order valence-electron chi connectivity index (χ3n) is 2.30. The largest absolute Gasteiger partial charge is 0.354 e. The van der Waals surface area contributed by atoms with Crippen LogP contribution in [0.25, 0.3) is 0 Å². The fourth-order valence-electron chi connectivity index (χ4n) is 1.45. The van der Waals surface area contributed by atoms with E-state index in [-0.39, 0.29) is 0 Å². The molecule has 0 radical (unpaired) electrons. The highest BCUT2D eigenvalue weighted by molar-refractivity contribution is 14.1. The summed E-state index contributed by atoms with van der Waals surface area (Å²) < 4.78 is 1.93. The van der Waals surface area contributed by atoms with Crippen LogP contribution in [0, 0.1) is 14.9 Å². The average molecular weight is 433 g/mol. The van der Waals surface area contributed by atoms with Crippen LogP contribution in [0.1, 0.15) is 5.56 Å². The first-order chi connectivity index (χ1) is 8.60. The minimum absolute atomic E-state index is 0.601. The fourth-order valence-corrected chi connectivity index (χ4v) is 2.82. The minimum atomic E-state index is 0.601. The summed E-state index contributed by atoms with van der Waals surface area (Å²) in [5, 5.41) is 13.0. The van der Waals surface area contributed by atoms with E-state index in [9.17, 15) is 0 Å². The maximum atomic E-state index is 9.07. The van der Waals surface area contributed by atoms with Crippen LogP contribution in [0.15, 0.2) is 40.9 Å². The molecule has 0 aliphatic heterocycles. The lowest BCUT2D eigenvalue weighted by atomic mass is 10.2. The normalized spacial score (nSPS) is 9.89. The minimum Gasteiger partial charge on any atom is -0.354 e. The first kappa shape index (κ1) is 13.7. The van der Waals surface area contributed by atoms with E-state index in [1.807, 2.05) is 30.3 Å². The summed E-state index contributed by atoms with van der Waals surface area (Å²) in [5.41, 5.74) is 2.30. The molecule has 0 fully saturated rings. The fraction of sp³-hybridized carbons (Fsp3) is 0. The van der Waals surface area contributed by atoms with Gasteiger partial charge < -0.3 is 5.32 Å². The van der Waals surface area contributed by atoms with Gasteiger partial charge in [-0.1, -0.05) is 27.5 Å². The maximum absolute atomic E-state index is 9.07. The second kappa shape index (κ2) is 5.91. The van der Waals surface area contributed by atoms with Crippen LogP contribution in [0.2, 0.25) is 5.02 Å². The Balaban J connectivity index is 2.40. The Morgan fingerprint density at radius 3 is 2.61 bits per heavy atom. The Bertz CT molecular complexity index is 637. The van der Waals surface area contributed by atoms with E-state index in [1.165, 1.54) is 0 Å². The van der Waals surface area contributed by atoms with Gasteiger partial charge in [-0.15, -0.1) is 0 Å². The van der Waals surface area contributed by atoms with Gasteiger partial charge in [-0.3, -0.25) is 0 Å². The van der Waals surface area contributed by atoms with Gasteiger partial charge in [0, 0.05) is 13.1 Å². The molecule has 0 bridgehead atoms. The molecular formula is C13H7BrClIN2. The van der Waals surface area contributed by atoms with Crippen LogP contribution in [0.4, 0.5) is 11.4 Å². The number of rotatable bonds is 2. The zero-order chi connectivity index (χ0) is 13.1. The lowest BCUT2D eigenvalue weighted by Crippen LogP contribution is -1.95. The lowest BCUT2D eigenvalue weighted by Gasteiger charge is -2.10. The number of halogens is 3. The van der Waals surface area contributed by atoms with E-state index in [4.69, 9.17) is 16.9 Å². The summed E-state index contributed by atoms with van der Waals surface area (Å²) in [5.74, 6) is 0. The molecule has 0 atom stereocenters. The van der Waals surface area contributed by atoms with E-state index in [0.29, 0.717) is 10.6 Å². The van der Waals surface area contributed by atoms with Gasteiger partial charge in [0.15, 0.2) is 0 Å². The van der Waals surface area contributed by atoms with Gasteiger partial charge in [-0.2, -0.15) is 5.26 Å². The molecule has 1 N–H and O–H groups in total. The van der Waals surface area contributed by atoms with Crippen molar-refractivity contribution in [3.63, 3.8) is 0 Å². The number of hydrogen-bond donors (Lipinski definition) is 1. The summed E-state index contributed by atoms with van der Waals surface area (Å²) in [7, 11) is 0. The van der Waals surface area contributed by atoms with Crippen LogP contribution < -0.4 is 5.32 Å². The van der Waals surface area contributed by atoms with E-state index in [2.05, 4.69) is 49.9 Å². The number of nitrogens with zero attached hydrogens (tertiary/aromatic N) is 1. The van der Waals surface area contributed by atoms with Crippen molar-refractivity contribution in [2.45, 2.75) is 0 Å². The Morgan fingerprint density at radius 1 is 1.17 bits per heavy atom. The average Bonchev–Trinajstić information content (AvgIpc) is 2.33. The highest BCUT2D eigenvalue weighted by atomic mass is 127. The van der Waals surface area contributed by atoms with E-state index in [1.54, 1.807) is 6.07 Å². The molecule has 90 valence electrons. The smallest absolute Gasteiger partial charge is 0.101 e. The molecule has 0 amide bonds. The van der Waals surface area contributed by atoms with Crippen molar-refractivity contribution in [2.75, 3.05) is 5.32 Å². The third-order valence-corrected chi connectivity index (χ3v) is 3.92. The van der Waals surface area contributed by atoms with Gasteiger partial charge in [-0.25, -0.2) is 0 Å². The van der Waals surface area contributed by atoms with E-state index in [0.717, 1.165) is 19.4 Å². The Hall–Kier alpha value is -0.770. The number of benzene rings is 2. The summed E-state index contributed by atoms with van der Waals surface area (Å²) >= 11 is 11.5. The number of anilines is 2. The van der Waals surface area contributed by atoms with Gasteiger partial charge >= 0.3 is 0 Å². The molecule has 2 rings (SSSR count). The predicted molar refractivity (Wildman–Crippen MR) is 86.3 cm³/mol. The number of nitrogens with one attached hydrogen (secondary N) is 1. The van der Waals surface area contributed by atoms with Crippen molar-refractivity contribution in [3.8, 4) is 6.07 Å². The molecule has 0 saturated heterocycles. The van der Waals surface area contributed by atoms with Crippen LogP contribution in [-0.4, -0.2) is 0 Å². The SMILES string of the molecule is N#Cc1ccc(Br)cc1Nc1ccc(Cl)cc1I. The summed E-state index contributed by atoms with van der Waals surface area (Å²) in [6.07, 6.45) is 0. The van der Waals surface area contributed by atoms with Gasteiger partial charge in [0.25, 0.3) is 0 Å². The van der Waals surface area contributed by atoms with Gasteiger partial charge in [-0.05, 0) is 59.0 Å². The topological polar surface area (TPSA) is 35.8 Å². The number of hydrogen-bond acceptors (Lipinski definition) is 2. The Kier molecular flexibility index (Phi) is 4.49. The van der Waals surface area contributed by atoms with Crippen LogP contribution in [0.3, 0.4) is 0 Å². The molecule has 0 heterocycles. The summed E-state index contributed by atoms with van der Waals surface area (Å²) in [6.45, 7) is 0. The third kappa shape index (κ3) is 3.16. The maximum Gasteiger partial charge on any atom is 0.101 e. The standard InChI is InChI=1S/C13H7BrClIN2/c14-9-2-1-8(7-17)13(5-9)18-12-4-3-10(15)6-11(12)16/h1-6,18H. The molecule has 2 aromatic rings. The van der Waals surface area contributed by atoms with E-state index >= 15 is 0 Å². The van der Waals surface area contributed by atoms with Crippen molar-refractivity contribution < 1.29 is 0 Å². The molecular weight excluding hydrogens is 426 g/mol. The molecule has 18 heavy (non-hydrogen) atoms. The molecule has 0 aliphatic carbocycles. The molecule has 0 aromatic heterocycles. The van der Waals surface area contributed by atoms with Crippen LogP contribution in [0.5, 0.6) is 0 Å². The molecule has 0 saturated carbocycles. The van der Waals surface area contributed by atoms with Gasteiger partial charge in [0.05, 0.1) is 16.9 Å². The summed E-state index contributed by atoms with van der Waals surface area (Å²) in [6, 6.07) is 13.2. The van der Waals surface area contributed by atoms with Gasteiger partial charge in [0.2, 0.25) is 0 Å². The molecule has 2 aromatic carbocycles. The highest BCUT2D eigenvalue weighted by Gasteiger charge is 2.06. The second-order valence-corrected chi connectivity index (χ2v) is 6.07. The molecule has 0 aliphatic rings. The molecule has 0 spiro atoms. The summed E-state index contributed by atoms with van der Waals surface area (Å²) in [4.78, 5) is 0. The van der Waals surface area contributed by atoms with Crippen LogP contribution in [-0.2, 0) is 0 Å². The first-order valence-electron chi connectivity index (χ1n) is 5.02. The molecule has 2 nitrogen and oxygen atoms in total. The van der Waals surface area contributed by atoms with Gasteiger partial charge in [0.1, 0.15) is 6.07 Å². The second-order valence-electron chi connectivity index (χ2n) is 3.55. The molecule has 0 unspecified atom stereocenters. The first-order valence-corrected chi connectivity index (χ1v) is 7.27. The zero-order valence-corrected chi connectivity index (χ0v) is 13.5. The lowest BCUT2D eigenvalue weighted by molar-refractivity contribution is 1.44. The predicted octanol–water partition coefficient (Wildman–Crippen LogP) is 5.32. The van der Waals surface area contributed by atoms with Crippen molar-refractivity contribution in [1.82, 2.24) is 0 Å². The zero-order valence-electron chi connectivity index (χ0n) is 9.05. The van der Waals surface area contributed by atoms with E-state index < -0.39 is 0 Å². The molecule has 5 heteroatoms.